The summed E-state index contributed by atoms with van der Waals surface area (Å²) >= 11 is 1.61. The lowest BCUT2D eigenvalue weighted by Gasteiger charge is -2.31. The van der Waals surface area contributed by atoms with Crippen molar-refractivity contribution >= 4 is 39.0 Å². The van der Waals surface area contributed by atoms with Gasteiger partial charge in [-0.15, -0.1) is 11.3 Å². The third-order valence-electron chi connectivity index (χ3n) is 3.93. The van der Waals surface area contributed by atoms with Gasteiger partial charge in [0.1, 0.15) is 10.6 Å². The number of aromatic nitrogens is 2. The molecule has 0 bridgehead atoms. The Morgan fingerprint density at radius 1 is 1.24 bits per heavy atom. The number of fused-ring (bicyclic) bond motifs is 2. The van der Waals surface area contributed by atoms with Crippen LogP contribution in [0.3, 0.4) is 0 Å². The molecule has 0 radical (unpaired) electrons. The van der Waals surface area contributed by atoms with E-state index in [-0.39, 0.29) is 0 Å². The van der Waals surface area contributed by atoms with Crippen LogP contribution in [0.15, 0.2) is 29.6 Å². The minimum Gasteiger partial charge on any atom is -0.368 e. The van der Waals surface area contributed by atoms with Gasteiger partial charge in [0.2, 0.25) is 5.95 Å². The molecule has 4 rings (SSSR count). The quantitative estimate of drug-likeness (QED) is 0.744. The molecule has 0 aliphatic carbocycles. The smallest absolute Gasteiger partial charge is 0.223 e. The Balaban J connectivity index is 1.92. The Morgan fingerprint density at radius 3 is 3.05 bits per heavy atom. The maximum atomic E-state index is 5.89. The summed E-state index contributed by atoms with van der Waals surface area (Å²) in [7, 11) is 0. The van der Waals surface area contributed by atoms with Gasteiger partial charge in [-0.3, -0.25) is 0 Å². The molecule has 0 saturated carbocycles. The first-order valence-corrected chi connectivity index (χ1v) is 7.98. The van der Waals surface area contributed by atoms with Gasteiger partial charge in [0.25, 0.3) is 0 Å². The molecule has 0 atom stereocenters. The lowest BCUT2D eigenvalue weighted by Crippen LogP contribution is -2.26. The number of benzene rings is 1. The molecular formula is C16H16N4S. The van der Waals surface area contributed by atoms with Gasteiger partial charge in [-0.25, -0.2) is 4.98 Å². The van der Waals surface area contributed by atoms with E-state index in [9.17, 15) is 0 Å². The number of nitrogens with two attached hydrogens (primary N) is 1. The van der Waals surface area contributed by atoms with E-state index in [1.54, 1.807) is 11.3 Å². The topological polar surface area (TPSA) is 55.0 Å². The lowest BCUT2D eigenvalue weighted by atomic mass is 9.99. The fourth-order valence-electron chi connectivity index (χ4n) is 3.01. The molecule has 5 heteroatoms. The maximum Gasteiger partial charge on any atom is 0.223 e. The summed E-state index contributed by atoms with van der Waals surface area (Å²) < 4.78 is 0. The molecule has 0 spiro atoms. The highest BCUT2D eigenvalue weighted by Crippen LogP contribution is 2.37. The molecule has 3 aromatic rings. The molecule has 2 aromatic heterocycles. The average Bonchev–Trinajstić information content (AvgIpc) is 2.93. The van der Waals surface area contributed by atoms with E-state index in [1.165, 1.54) is 16.8 Å². The van der Waals surface area contributed by atoms with Gasteiger partial charge in [0, 0.05) is 12.2 Å². The van der Waals surface area contributed by atoms with E-state index >= 15 is 0 Å². The van der Waals surface area contributed by atoms with E-state index in [2.05, 4.69) is 46.1 Å². The van der Waals surface area contributed by atoms with Crippen molar-refractivity contribution in [1.82, 2.24) is 9.97 Å². The standard InChI is InChI=1S/C16H16N4S/c1-10-4-5-13-11(9-10)3-2-7-20(13)14-12-6-8-21-15(12)19-16(17)18-14/h4-6,8-9H,2-3,7H2,1H3,(H2,17,18,19). The molecule has 2 N–H and O–H groups in total. The molecular weight excluding hydrogens is 280 g/mol. The number of nitrogen functional groups attached to an aromatic ring is 1. The van der Waals surface area contributed by atoms with Gasteiger partial charge in [-0.05, 0) is 42.8 Å². The zero-order valence-corrected chi connectivity index (χ0v) is 12.7. The first kappa shape index (κ1) is 12.6. The molecule has 0 amide bonds. The molecule has 3 heterocycles. The average molecular weight is 296 g/mol. The third-order valence-corrected chi connectivity index (χ3v) is 4.74. The molecule has 0 fully saturated rings. The zero-order valence-electron chi connectivity index (χ0n) is 11.8. The number of hydrogen-bond donors (Lipinski definition) is 1. The number of aryl methyl sites for hydroxylation is 2. The van der Waals surface area contributed by atoms with E-state index in [0.717, 1.165) is 35.4 Å². The van der Waals surface area contributed by atoms with Crippen molar-refractivity contribution in [1.29, 1.82) is 0 Å². The predicted molar refractivity (Wildman–Crippen MR) is 88.3 cm³/mol. The first-order chi connectivity index (χ1) is 10.2. The van der Waals surface area contributed by atoms with Gasteiger partial charge in [0.15, 0.2) is 0 Å². The SMILES string of the molecule is Cc1ccc2c(c1)CCCN2c1nc(N)nc2sccc12. The molecule has 1 aromatic carbocycles. The minimum atomic E-state index is 0.346. The van der Waals surface area contributed by atoms with Crippen molar-refractivity contribution in [3.05, 3.63) is 40.8 Å². The van der Waals surface area contributed by atoms with Crippen molar-refractivity contribution in [2.45, 2.75) is 19.8 Å². The largest absolute Gasteiger partial charge is 0.368 e. The Bertz CT molecular complexity index is 824. The maximum absolute atomic E-state index is 5.89. The normalized spacial score (nSPS) is 14.4. The molecule has 4 nitrogen and oxygen atoms in total. The third kappa shape index (κ3) is 2.05. The van der Waals surface area contributed by atoms with Crippen LogP contribution in [-0.4, -0.2) is 16.5 Å². The van der Waals surface area contributed by atoms with Crippen LogP contribution in [-0.2, 0) is 6.42 Å². The number of rotatable bonds is 1. The molecule has 106 valence electrons. The van der Waals surface area contributed by atoms with Crippen LogP contribution in [0, 0.1) is 6.92 Å². The van der Waals surface area contributed by atoms with Crippen LogP contribution in [0.25, 0.3) is 10.2 Å². The Labute approximate surface area is 127 Å². The van der Waals surface area contributed by atoms with Gasteiger partial charge in [-0.2, -0.15) is 4.98 Å². The number of hydrogen-bond acceptors (Lipinski definition) is 5. The van der Waals surface area contributed by atoms with Crippen molar-refractivity contribution < 1.29 is 0 Å². The summed E-state index contributed by atoms with van der Waals surface area (Å²) in [5, 5.41) is 3.13. The zero-order chi connectivity index (χ0) is 14.4. The number of thiophene rings is 1. The number of anilines is 3. The fourth-order valence-corrected chi connectivity index (χ4v) is 3.77. The van der Waals surface area contributed by atoms with Gasteiger partial charge in [0.05, 0.1) is 5.39 Å². The molecule has 1 aliphatic rings. The Morgan fingerprint density at radius 2 is 2.14 bits per heavy atom. The monoisotopic (exact) mass is 296 g/mol. The molecule has 0 saturated heterocycles. The van der Waals surface area contributed by atoms with Gasteiger partial charge >= 0.3 is 0 Å². The second-order valence-corrected chi connectivity index (χ2v) is 6.33. The highest BCUT2D eigenvalue weighted by molar-refractivity contribution is 7.16. The molecule has 0 unspecified atom stereocenters. The summed E-state index contributed by atoms with van der Waals surface area (Å²) in [6.07, 6.45) is 2.26. The summed E-state index contributed by atoms with van der Waals surface area (Å²) in [5.74, 6) is 1.28. The fraction of sp³-hybridized carbons (Fsp3) is 0.250. The highest BCUT2D eigenvalue weighted by Gasteiger charge is 2.22. The first-order valence-electron chi connectivity index (χ1n) is 7.10. The summed E-state index contributed by atoms with van der Waals surface area (Å²) in [4.78, 5) is 12.1. The summed E-state index contributed by atoms with van der Waals surface area (Å²) in [6.45, 7) is 3.11. The Kier molecular flexibility index (Phi) is 2.82. The van der Waals surface area contributed by atoms with Crippen molar-refractivity contribution in [2.75, 3.05) is 17.2 Å². The predicted octanol–water partition coefficient (Wildman–Crippen LogP) is 3.67. The van der Waals surface area contributed by atoms with Crippen LogP contribution in [0.5, 0.6) is 0 Å². The van der Waals surface area contributed by atoms with Crippen LogP contribution in [0.2, 0.25) is 0 Å². The number of nitrogens with zero attached hydrogens (tertiary/aromatic N) is 3. The van der Waals surface area contributed by atoms with Gasteiger partial charge < -0.3 is 10.6 Å². The van der Waals surface area contributed by atoms with Crippen LogP contribution in [0.4, 0.5) is 17.5 Å². The van der Waals surface area contributed by atoms with Crippen LogP contribution < -0.4 is 10.6 Å². The van der Waals surface area contributed by atoms with Gasteiger partial charge in [-0.1, -0.05) is 17.7 Å². The second-order valence-electron chi connectivity index (χ2n) is 5.43. The van der Waals surface area contributed by atoms with Crippen molar-refractivity contribution in [3.8, 4) is 0 Å². The molecule has 1 aliphatic heterocycles. The highest BCUT2D eigenvalue weighted by atomic mass is 32.1. The Hall–Kier alpha value is -2.14. The van der Waals surface area contributed by atoms with Crippen LogP contribution in [0.1, 0.15) is 17.5 Å². The lowest BCUT2D eigenvalue weighted by molar-refractivity contribution is 0.761. The summed E-state index contributed by atoms with van der Waals surface area (Å²) in [6, 6.07) is 8.71. The van der Waals surface area contributed by atoms with Crippen molar-refractivity contribution in [3.63, 3.8) is 0 Å². The van der Waals surface area contributed by atoms with Crippen molar-refractivity contribution in [2.24, 2.45) is 0 Å². The van der Waals surface area contributed by atoms with Crippen LogP contribution >= 0.6 is 11.3 Å². The van der Waals surface area contributed by atoms with E-state index in [1.807, 2.05) is 5.38 Å². The van der Waals surface area contributed by atoms with E-state index in [0.29, 0.717) is 5.95 Å². The summed E-state index contributed by atoms with van der Waals surface area (Å²) in [5.41, 5.74) is 9.83. The van der Waals surface area contributed by atoms with E-state index in [4.69, 9.17) is 5.73 Å². The van der Waals surface area contributed by atoms with E-state index < -0.39 is 0 Å². The minimum absolute atomic E-state index is 0.346. The second kappa shape index (κ2) is 4.70. The molecule has 21 heavy (non-hydrogen) atoms.